The Labute approximate surface area is 206 Å². The first-order chi connectivity index (χ1) is 17.2. The van der Waals surface area contributed by atoms with E-state index in [1.165, 1.54) is 0 Å². The quantitative estimate of drug-likeness (QED) is 0.248. The summed E-state index contributed by atoms with van der Waals surface area (Å²) >= 11 is 0. The molecule has 0 unspecified atom stereocenters. The lowest BCUT2D eigenvalue weighted by atomic mass is 10.0. The Morgan fingerprint density at radius 1 is 0.657 bits per heavy atom. The van der Waals surface area contributed by atoms with Gasteiger partial charge in [-0.25, -0.2) is 15.0 Å². The molecule has 0 saturated heterocycles. The summed E-state index contributed by atoms with van der Waals surface area (Å²) in [6.45, 7) is 6.20. The molecule has 0 saturated carbocycles. The first kappa shape index (κ1) is 22.2. The van der Waals surface area contributed by atoms with Crippen molar-refractivity contribution in [3.05, 3.63) is 121 Å². The van der Waals surface area contributed by atoms with E-state index in [1.54, 1.807) is 0 Å². The van der Waals surface area contributed by atoms with Crippen molar-refractivity contribution in [2.45, 2.75) is 6.92 Å². The van der Waals surface area contributed by atoms with E-state index in [4.69, 9.17) is 15.0 Å². The van der Waals surface area contributed by atoms with Crippen LogP contribution in [0.2, 0.25) is 0 Å². The highest BCUT2D eigenvalue weighted by Gasteiger charge is 2.16. The van der Waals surface area contributed by atoms with Crippen LogP contribution in [0.5, 0.6) is 0 Å². The second-order valence-electron chi connectivity index (χ2n) is 8.27. The normalized spacial score (nSPS) is 11.1. The predicted molar refractivity (Wildman–Crippen MR) is 146 cm³/mol. The molecule has 4 aromatic carbocycles. The number of fused-ring (bicyclic) bond motifs is 1. The van der Waals surface area contributed by atoms with E-state index in [0.717, 1.165) is 38.8 Å². The average molecular weight is 455 g/mol. The van der Waals surface area contributed by atoms with Gasteiger partial charge in [0.05, 0.1) is 0 Å². The van der Waals surface area contributed by atoms with Crippen LogP contribution in [0.25, 0.3) is 44.9 Å². The number of benzene rings is 4. The highest BCUT2D eigenvalue weighted by molar-refractivity contribution is 6.03. The molecule has 170 valence electrons. The Hall–Kier alpha value is -4.57. The smallest absolute Gasteiger partial charge is 0.164 e. The van der Waals surface area contributed by atoms with Gasteiger partial charge in [-0.05, 0) is 30.5 Å². The van der Waals surface area contributed by atoms with Gasteiger partial charge in [0, 0.05) is 40.5 Å². The van der Waals surface area contributed by atoms with Crippen LogP contribution in [0.4, 0.5) is 5.69 Å². The van der Waals surface area contributed by atoms with Gasteiger partial charge in [-0.15, -0.1) is 0 Å². The van der Waals surface area contributed by atoms with Crippen molar-refractivity contribution in [3.8, 4) is 34.2 Å². The van der Waals surface area contributed by atoms with Crippen LogP contribution in [0.1, 0.15) is 6.92 Å². The molecule has 0 amide bonds. The molecule has 0 atom stereocenters. The second-order valence-corrected chi connectivity index (χ2v) is 8.27. The van der Waals surface area contributed by atoms with E-state index < -0.39 is 0 Å². The highest BCUT2D eigenvalue weighted by atomic mass is 15.1. The maximum Gasteiger partial charge on any atom is 0.164 e. The topological polar surface area (TPSA) is 41.9 Å². The van der Waals surface area contributed by atoms with Gasteiger partial charge in [-0.3, -0.25) is 0 Å². The average Bonchev–Trinajstić information content (AvgIpc) is 2.93. The SMILES string of the molecule is C=C(/C=C\C)N(C)c1ccc(-c2nc(-c3ccccc3)nc(-c3ccccc3)n2)c2ccccc12. The number of allylic oxidation sites excluding steroid dienone is 2. The summed E-state index contributed by atoms with van der Waals surface area (Å²) in [6.07, 6.45) is 4.00. The van der Waals surface area contributed by atoms with Gasteiger partial charge in [0.25, 0.3) is 0 Å². The van der Waals surface area contributed by atoms with Crippen molar-refractivity contribution in [1.29, 1.82) is 0 Å². The van der Waals surface area contributed by atoms with Gasteiger partial charge < -0.3 is 4.90 Å². The molecule has 0 aliphatic rings. The maximum absolute atomic E-state index is 4.92. The van der Waals surface area contributed by atoms with Crippen molar-refractivity contribution in [2.75, 3.05) is 11.9 Å². The molecule has 1 heterocycles. The van der Waals surface area contributed by atoms with Crippen LogP contribution >= 0.6 is 0 Å². The van der Waals surface area contributed by atoms with Crippen molar-refractivity contribution in [2.24, 2.45) is 0 Å². The minimum atomic E-state index is 0.649. The van der Waals surface area contributed by atoms with Crippen molar-refractivity contribution < 1.29 is 0 Å². The zero-order valence-corrected chi connectivity index (χ0v) is 19.9. The fourth-order valence-corrected chi connectivity index (χ4v) is 4.16. The molecular formula is C31H26N4. The fraction of sp³-hybridized carbons (Fsp3) is 0.0645. The highest BCUT2D eigenvalue weighted by Crippen LogP contribution is 2.35. The first-order valence-electron chi connectivity index (χ1n) is 11.6. The van der Waals surface area contributed by atoms with Gasteiger partial charge in [-0.2, -0.15) is 0 Å². The number of nitrogens with zero attached hydrogens (tertiary/aromatic N) is 4. The van der Waals surface area contributed by atoms with E-state index in [0.29, 0.717) is 17.5 Å². The first-order valence-corrected chi connectivity index (χ1v) is 11.6. The van der Waals surface area contributed by atoms with Gasteiger partial charge in [0.15, 0.2) is 17.5 Å². The van der Waals surface area contributed by atoms with Crippen LogP contribution in [0.3, 0.4) is 0 Å². The van der Waals surface area contributed by atoms with Crippen LogP contribution < -0.4 is 4.90 Å². The molecule has 0 spiro atoms. The molecule has 0 fully saturated rings. The van der Waals surface area contributed by atoms with Crippen LogP contribution in [-0.2, 0) is 0 Å². The number of rotatable bonds is 6. The minimum Gasteiger partial charge on any atom is -0.345 e. The van der Waals surface area contributed by atoms with Gasteiger partial charge >= 0.3 is 0 Å². The third-order valence-electron chi connectivity index (χ3n) is 5.99. The molecule has 5 aromatic rings. The molecule has 0 aliphatic heterocycles. The zero-order chi connectivity index (χ0) is 24.2. The molecule has 0 aliphatic carbocycles. The predicted octanol–water partition coefficient (Wildman–Crippen LogP) is 7.55. The summed E-state index contributed by atoms with van der Waals surface area (Å²) in [5.74, 6) is 1.96. The molecule has 0 radical (unpaired) electrons. The minimum absolute atomic E-state index is 0.649. The van der Waals surface area contributed by atoms with E-state index in [9.17, 15) is 0 Å². The molecule has 35 heavy (non-hydrogen) atoms. The molecule has 0 N–H and O–H groups in total. The Morgan fingerprint density at radius 3 is 1.74 bits per heavy atom. The third-order valence-corrected chi connectivity index (χ3v) is 5.99. The van der Waals surface area contributed by atoms with Gasteiger partial charge in [-0.1, -0.05) is 97.6 Å². The summed E-state index contributed by atoms with van der Waals surface area (Å²) in [5.41, 5.74) is 4.87. The number of anilines is 1. The fourth-order valence-electron chi connectivity index (χ4n) is 4.16. The Kier molecular flexibility index (Phi) is 6.18. The lowest BCUT2D eigenvalue weighted by Crippen LogP contribution is -2.14. The lowest BCUT2D eigenvalue weighted by Gasteiger charge is -2.22. The van der Waals surface area contributed by atoms with E-state index in [-0.39, 0.29) is 0 Å². The molecule has 4 nitrogen and oxygen atoms in total. The lowest BCUT2D eigenvalue weighted by molar-refractivity contribution is 1.08. The van der Waals surface area contributed by atoms with Crippen LogP contribution in [-0.4, -0.2) is 22.0 Å². The monoisotopic (exact) mass is 454 g/mol. The summed E-state index contributed by atoms with van der Waals surface area (Å²) in [6, 6.07) is 32.6. The number of likely N-dealkylation sites (N-methyl/N-ethyl adjacent to an activating group) is 1. The second kappa shape index (κ2) is 9.74. The molecule has 4 heteroatoms. The summed E-state index contributed by atoms with van der Waals surface area (Å²) in [7, 11) is 2.04. The standard InChI is InChI=1S/C31H26N4/c1-4-13-22(2)35(3)28-21-20-27(25-18-11-12-19-26(25)28)31-33-29(23-14-7-5-8-15-23)32-30(34-31)24-16-9-6-10-17-24/h4-21H,2H2,1,3H3/b13-4-. The molecular weight excluding hydrogens is 428 g/mol. The van der Waals surface area contributed by atoms with Gasteiger partial charge in [0.2, 0.25) is 0 Å². The largest absolute Gasteiger partial charge is 0.345 e. The maximum atomic E-state index is 4.92. The van der Waals surface area contributed by atoms with Crippen molar-refractivity contribution >= 4 is 16.5 Å². The zero-order valence-electron chi connectivity index (χ0n) is 19.9. The van der Waals surface area contributed by atoms with E-state index in [1.807, 2.05) is 92.9 Å². The van der Waals surface area contributed by atoms with Gasteiger partial charge in [0.1, 0.15) is 0 Å². The number of aromatic nitrogens is 3. The summed E-state index contributed by atoms with van der Waals surface area (Å²) < 4.78 is 0. The van der Waals surface area contributed by atoms with E-state index >= 15 is 0 Å². The molecule has 1 aromatic heterocycles. The Bertz CT molecular complexity index is 1460. The third kappa shape index (κ3) is 4.46. The summed E-state index contributed by atoms with van der Waals surface area (Å²) in [5, 5.41) is 2.19. The van der Waals surface area contributed by atoms with Crippen LogP contribution in [0.15, 0.2) is 121 Å². The number of hydrogen-bond acceptors (Lipinski definition) is 4. The molecule has 5 rings (SSSR count). The van der Waals surface area contributed by atoms with E-state index in [2.05, 4.69) is 41.8 Å². The molecule has 0 bridgehead atoms. The summed E-state index contributed by atoms with van der Waals surface area (Å²) in [4.78, 5) is 16.8. The van der Waals surface area contributed by atoms with Crippen molar-refractivity contribution in [1.82, 2.24) is 15.0 Å². The number of hydrogen-bond donors (Lipinski definition) is 0. The van der Waals surface area contributed by atoms with Crippen LogP contribution in [0, 0.1) is 0 Å². The van der Waals surface area contributed by atoms with Crippen molar-refractivity contribution in [3.63, 3.8) is 0 Å². The Balaban J connectivity index is 1.72. The Morgan fingerprint density at radius 2 is 1.17 bits per heavy atom.